The first-order valence-corrected chi connectivity index (χ1v) is 6.56. The third-order valence-electron chi connectivity index (χ3n) is 2.58. The van der Waals surface area contributed by atoms with Crippen LogP contribution in [0.5, 0.6) is 5.75 Å². The van der Waals surface area contributed by atoms with Crippen LogP contribution in [0.4, 0.5) is 0 Å². The molecule has 4 nitrogen and oxygen atoms in total. The summed E-state index contributed by atoms with van der Waals surface area (Å²) >= 11 is 0. The molecule has 1 rings (SSSR count). The molecule has 0 heterocycles. The maximum absolute atomic E-state index is 5.14. The molecule has 2 N–H and O–H groups in total. The minimum atomic E-state index is 0.0158. The second-order valence-corrected chi connectivity index (χ2v) is 5.47. The van der Waals surface area contributed by atoms with E-state index in [1.54, 1.807) is 14.2 Å². The van der Waals surface area contributed by atoms with Gasteiger partial charge in [0.1, 0.15) is 5.75 Å². The van der Waals surface area contributed by atoms with E-state index in [0.29, 0.717) is 0 Å². The Morgan fingerprint density at radius 1 is 1.21 bits per heavy atom. The van der Waals surface area contributed by atoms with Gasteiger partial charge < -0.3 is 15.4 Å². The van der Waals surface area contributed by atoms with Gasteiger partial charge in [-0.15, -0.1) is 0 Å². The fourth-order valence-corrected chi connectivity index (χ4v) is 1.65. The van der Waals surface area contributed by atoms with Gasteiger partial charge in [-0.05, 0) is 44.9 Å². The van der Waals surface area contributed by atoms with Crippen LogP contribution in [0.15, 0.2) is 29.3 Å². The monoisotopic (exact) mass is 263 g/mol. The lowest BCUT2D eigenvalue weighted by Gasteiger charge is -2.23. The largest absolute Gasteiger partial charge is 0.497 e. The predicted molar refractivity (Wildman–Crippen MR) is 80.9 cm³/mol. The summed E-state index contributed by atoms with van der Waals surface area (Å²) in [6.45, 7) is 7.19. The van der Waals surface area contributed by atoms with Crippen LogP contribution in [0.25, 0.3) is 0 Å². The van der Waals surface area contributed by atoms with Crippen LogP contribution in [-0.2, 0) is 6.42 Å². The van der Waals surface area contributed by atoms with E-state index in [1.165, 1.54) is 5.56 Å². The van der Waals surface area contributed by atoms with Gasteiger partial charge in [0.25, 0.3) is 0 Å². The van der Waals surface area contributed by atoms with E-state index < -0.39 is 0 Å². The normalized spacial score (nSPS) is 12.2. The van der Waals surface area contributed by atoms with Gasteiger partial charge in [-0.3, -0.25) is 4.99 Å². The Bertz CT molecular complexity index is 404. The van der Waals surface area contributed by atoms with Gasteiger partial charge >= 0.3 is 0 Å². The highest BCUT2D eigenvalue weighted by Crippen LogP contribution is 2.11. The molecule has 0 aromatic heterocycles. The fraction of sp³-hybridized carbons (Fsp3) is 0.533. The third kappa shape index (κ3) is 6.13. The lowest BCUT2D eigenvalue weighted by molar-refractivity contribution is 0.414. The zero-order chi connectivity index (χ0) is 14.3. The molecule has 1 aromatic rings. The highest BCUT2D eigenvalue weighted by atomic mass is 16.5. The summed E-state index contributed by atoms with van der Waals surface area (Å²) in [7, 11) is 3.47. The fourth-order valence-electron chi connectivity index (χ4n) is 1.65. The highest BCUT2D eigenvalue weighted by molar-refractivity contribution is 5.80. The number of nitrogens with zero attached hydrogens (tertiary/aromatic N) is 1. The van der Waals surface area contributed by atoms with E-state index in [4.69, 9.17) is 4.74 Å². The standard InChI is InChI=1S/C15H25N3O/c1-15(2,3)18-14(16-4)17-11-10-12-6-8-13(19-5)9-7-12/h6-9H,10-11H2,1-5H3,(H2,16,17,18). The molecule has 0 aliphatic carbocycles. The zero-order valence-electron chi connectivity index (χ0n) is 12.6. The Hall–Kier alpha value is -1.71. The van der Waals surface area contributed by atoms with Gasteiger partial charge in [0.15, 0.2) is 5.96 Å². The van der Waals surface area contributed by atoms with Gasteiger partial charge in [-0.25, -0.2) is 0 Å². The Labute approximate surface area is 116 Å². The second kappa shape index (κ2) is 7.02. The highest BCUT2D eigenvalue weighted by Gasteiger charge is 2.11. The van der Waals surface area contributed by atoms with Gasteiger partial charge in [0.2, 0.25) is 0 Å². The van der Waals surface area contributed by atoms with Crippen LogP contribution in [0.1, 0.15) is 26.3 Å². The number of aliphatic imine (C=N–C) groups is 1. The summed E-state index contributed by atoms with van der Waals surface area (Å²) in [4.78, 5) is 4.21. The molecule has 0 saturated carbocycles. The van der Waals surface area contributed by atoms with Crippen LogP contribution >= 0.6 is 0 Å². The molecule has 0 aliphatic heterocycles. The Morgan fingerprint density at radius 2 is 1.84 bits per heavy atom. The molecule has 0 spiro atoms. The summed E-state index contributed by atoms with van der Waals surface area (Å²) in [5.41, 5.74) is 1.29. The van der Waals surface area contributed by atoms with Crippen molar-refractivity contribution in [2.45, 2.75) is 32.7 Å². The van der Waals surface area contributed by atoms with Crippen molar-refractivity contribution in [1.82, 2.24) is 10.6 Å². The quantitative estimate of drug-likeness (QED) is 0.646. The SMILES string of the molecule is CN=C(NCCc1ccc(OC)cc1)NC(C)(C)C. The molecular formula is C15H25N3O. The molecule has 0 radical (unpaired) electrons. The first kappa shape index (κ1) is 15.3. The molecule has 19 heavy (non-hydrogen) atoms. The molecule has 0 unspecified atom stereocenters. The summed E-state index contributed by atoms with van der Waals surface area (Å²) in [5, 5.41) is 6.64. The Kier molecular flexibility index (Phi) is 5.67. The lowest BCUT2D eigenvalue weighted by atomic mass is 10.1. The van der Waals surface area contributed by atoms with Crippen LogP contribution in [0, 0.1) is 0 Å². The number of rotatable bonds is 4. The molecule has 0 fully saturated rings. The summed E-state index contributed by atoms with van der Waals surface area (Å²) in [6.07, 6.45) is 0.953. The topological polar surface area (TPSA) is 45.7 Å². The minimum Gasteiger partial charge on any atom is -0.497 e. The predicted octanol–water partition coefficient (Wildman–Crippen LogP) is 2.20. The summed E-state index contributed by atoms with van der Waals surface area (Å²) in [6, 6.07) is 8.13. The maximum Gasteiger partial charge on any atom is 0.191 e. The molecular weight excluding hydrogens is 238 g/mol. The molecule has 0 bridgehead atoms. The number of hydrogen-bond acceptors (Lipinski definition) is 2. The van der Waals surface area contributed by atoms with E-state index in [-0.39, 0.29) is 5.54 Å². The summed E-state index contributed by atoms with van der Waals surface area (Å²) in [5.74, 6) is 1.72. The average molecular weight is 263 g/mol. The first-order valence-electron chi connectivity index (χ1n) is 6.56. The Balaban J connectivity index is 2.40. The molecule has 106 valence electrons. The number of hydrogen-bond donors (Lipinski definition) is 2. The van der Waals surface area contributed by atoms with Crippen molar-refractivity contribution in [3.8, 4) is 5.75 Å². The van der Waals surface area contributed by atoms with E-state index in [1.807, 2.05) is 12.1 Å². The van der Waals surface area contributed by atoms with Crippen molar-refractivity contribution in [3.63, 3.8) is 0 Å². The van der Waals surface area contributed by atoms with E-state index >= 15 is 0 Å². The average Bonchev–Trinajstić information content (AvgIpc) is 2.37. The van der Waals surface area contributed by atoms with E-state index in [2.05, 4.69) is 48.5 Å². The van der Waals surface area contributed by atoms with Crippen LogP contribution < -0.4 is 15.4 Å². The van der Waals surface area contributed by atoms with Gasteiger partial charge in [-0.1, -0.05) is 12.1 Å². The zero-order valence-corrected chi connectivity index (χ0v) is 12.6. The van der Waals surface area contributed by atoms with Crippen molar-refractivity contribution in [2.24, 2.45) is 4.99 Å². The second-order valence-electron chi connectivity index (χ2n) is 5.47. The summed E-state index contributed by atoms with van der Waals surface area (Å²) < 4.78 is 5.14. The van der Waals surface area contributed by atoms with Crippen molar-refractivity contribution in [1.29, 1.82) is 0 Å². The van der Waals surface area contributed by atoms with E-state index in [9.17, 15) is 0 Å². The molecule has 1 aromatic carbocycles. The molecule has 0 aliphatic rings. The Morgan fingerprint density at radius 3 is 2.32 bits per heavy atom. The van der Waals surface area contributed by atoms with Crippen LogP contribution in [0.3, 0.4) is 0 Å². The number of guanidine groups is 1. The third-order valence-corrected chi connectivity index (χ3v) is 2.58. The van der Waals surface area contributed by atoms with E-state index in [0.717, 1.165) is 24.7 Å². The van der Waals surface area contributed by atoms with Crippen molar-refractivity contribution < 1.29 is 4.74 Å². The number of nitrogens with one attached hydrogen (secondary N) is 2. The molecule has 0 saturated heterocycles. The minimum absolute atomic E-state index is 0.0158. The molecule has 0 atom stereocenters. The number of ether oxygens (including phenoxy) is 1. The van der Waals surface area contributed by atoms with Crippen molar-refractivity contribution in [2.75, 3.05) is 20.7 Å². The smallest absolute Gasteiger partial charge is 0.191 e. The maximum atomic E-state index is 5.14. The molecule has 0 amide bonds. The number of methoxy groups -OCH3 is 1. The first-order chi connectivity index (χ1) is 8.94. The lowest BCUT2D eigenvalue weighted by Crippen LogP contribution is -2.48. The molecule has 4 heteroatoms. The van der Waals surface area contributed by atoms with Gasteiger partial charge in [0.05, 0.1) is 7.11 Å². The van der Waals surface area contributed by atoms with Crippen LogP contribution in [-0.4, -0.2) is 32.2 Å². The van der Waals surface area contributed by atoms with Gasteiger partial charge in [-0.2, -0.15) is 0 Å². The number of benzene rings is 1. The van der Waals surface area contributed by atoms with Crippen LogP contribution in [0.2, 0.25) is 0 Å². The van der Waals surface area contributed by atoms with Crippen molar-refractivity contribution >= 4 is 5.96 Å². The van der Waals surface area contributed by atoms with Gasteiger partial charge in [0, 0.05) is 19.1 Å². The van der Waals surface area contributed by atoms with Crippen molar-refractivity contribution in [3.05, 3.63) is 29.8 Å².